The molecule has 0 aliphatic carbocycles. The molecule has 2 aromatic rings. The van der Waals surface area contributed by atoms with Gasteiger partial charge in [-0.2, -0.15) is 0 Å². The third-order valence-electron chi connectivity index (χ3n) is 4.99. The quantitative estimate of drug-likeness (QED) is 0.486. The number of rotatable bonds is 12. The van der Waals surface area contributed by atoms with Gasteiger partial charge in [-0.3, -0.25) is 4.90 Å². The standard InChI is InChI=1S/C21H31N5O4S/c1-2-29-17-18-30-19-5-7-20(8-6-19)31(27,28)24-11-4-12-25-13-15-26(16-14-25)21-22-9-3-10-23-21/h3,5-10,24H,2,4,11-18H2,1H3. The number of nitrogens with zero attached hydrogens (tertiary/aromatic N) is 4. The van der Waals surface area contributed by atoms with Crippen molar-refractivity contribution in [3.63, 3.8) is 0 Å². The number of sulfonamides is 1. The number of benzene rings is 1. The number of hydrogen-bond acceptors (Lipinski definition) is 8. The Morgan fingerprint density at radius 1 is 1.03 bits per heavy atom. The lowest BCUT2D eigenvalue weighted by Gasteiger charge is -2.34. The van der Waals surface area contributed by atoms with Crippen molar-refractivity contribution in [2.45, 2.75) is 18.2 Å². The molecule has 0 spiro atoms. The Kier molecular flexibility index (Phi) is 9.01. The summed E-state index contributed by atoms with van der Waals surface area (Å²) in [5.74, 6) is 1.39. The molecule has 170 valence electrons. The van der Waals surface area contributed by atoms with Crippen LogP contribution in [0.4, 0.5) is 5.95 Å². The molecular weight excluding hydrogens is 418 g/mol. The highest BCUT2D eigenvalue weighted by Crippen LogP contribution is 2.16. The van der Waals surface area contributed by atoms with Gasteiger partial charge in [0.05, 0.1) is 11.5 Å². The number of hydrogen-bond donors (Lipinski definition) is 1. The highest BCUT2D eigenvalue weighted by Gasteiger charge is 2.19. The molecule has 1 aliphatic rings. The van der Waals surface area contributed by atoms with Gasteiger partial charge in [0.1, 0.15) is 12.4 Å². The van der Waals surface area contributed by atoms with E-state index < -0.39 is 10.0 Å². The summed E-state index contributed by atoms with van der Waals surface area (Å²) < 4.78 is 38.4. The van der Waals surface area contributed by atoms with Crippen LogP contribution in [0, 0.1) is 0 Å². The van der Waals surface area contributed by atoms with Gasteiger partial charge in [-0.1, -0.05) is 0 Å². The van der Waals surface area contributed by atoms with Crippen molar-refractivity contribution in [2.24, 2.45) is 0 Å². The van der Waals surface area contributed by atoms with Crippen molar-refractivity contribution in [1.82, 2.24) is 19.6 Å². The lowest BCUT2D eigenvalue weighted by Crippen LogP contribution is -2.47. The maximum absolute atomic E-state index is 12.5. The van der Waals surface area contributed by atoms with Crippen molar-refractivity contribution in [3.05, 3.63) is 42.7 Å². The summed E-state index contributed by atoms with van der Waals surface area (Å²) >= 11 is 0. The molecule has 1 saturated heterocycles. The molecule has 0 bridgehead atoms. The van der Waals surface area contributed by atoms with Gasteiger partial charge in [-0.15, -0.1) is 0 Å². The van der Waals surface area contributed by atoms with Gasteiger partial charge >= 0.3 is 0 Å². The van der Waals surface area contributed by atoms with E-state index in [9.17, 15) is 8.42 Å². The zero-order valence-corrected chi connectivity index (χ0v) is 18.8. The normalized spacial score (nSPS) is 15.2. The summed E-state index contributed by atoms with van der Waals surface area (Å²) in [7, 11) is -3.53. The van der Waals surface area contributed by atoms with Gasteiger partial charge in [-0.25, -0.2) is 23.1 Å². The van der Waals surface area contributed by atoms with E-state index in [0.29, 0.717) is 32.1 Å². The molecule has 1 N–H and O–H groups in total. The van der Waals surface area contributed by atoms with E-state index in [0.717, 1.165) is 45.1 Å². The zero-order chi connectivity index (χ0) is 21.9. The molecule has 31 heavy (non-hydrogen) atoms. The second-order valence-corrected chi connectivity index (χ2v) is 8.91. The average Bonchev–Trinajstić information content (AvgIpc) is 2.81. The third kappa shape index (κ3) is 7.42. The molecule has 2 heterocycles. The highest BCUT2D eigenvalue weighted by atomic mass is 32.2. The molecule has 0 amide bonds. The smallest absolute Gasteiger partial charge is 0.240 e. The van der Waals surface area contributed by atoms with Crippen LogP contribution in [-0.4, -0.2) is 82.4 Å². The van der Waals surface area contributed by atoms with Crippen molar-refractivity contribution in [2.75, 3.05) is 64.0 Å². The van der Waals surface area contributed by atoms with Crippen molar-refractivity contribution < 1.29 is 17.9 Å². The SMILES string of the molecule is CCOCCOc1ccc(S(=O)(=O)NCCCN2CCN(c3ncccn3)CC2)cc1. The van der Waals surface area contributed by atoms with E-state index in [-0.39, 0.29) is 4.90 Å². The molecule has 0 unspecified atom stereocenters. The summed E-state index contributed by atoms with van der Waals surface area (Å²) in [5.41, 5.74) is 0. The van der Waals surface area contributed by atoms with E-state index in [2.05, 4.69) is 24.5 Å². The Morgan fingerprint density at radius 2 is 1.74 bits per heavy atom. The van der Waals surface area contributed by atoms with Crippen LogP contribution in [0.15, 0.2) is 47.6 Å². The van der Waals surface area contributed by atoms with Crippen LogP contribution in [0.2, 0.25) is 0 Å². The minimum atomic E-state index is -3.53. The van der Waals surface area contributed by atoms with Crippen LogP contribution < -0.4 is 14.4 Å². The maximum atomic E-state index is 12.5. The summed E-state index contributed by atoms with van der Waals surface area (Å²) in [6, 6.07) is 8.26. The fourth-order valence-electron chi connectivity index (χ4n) is 3.30. The minimum absolute atomic E-state index is 0.237. The molecule has 0 radical (unpaired) electrons. The van der Waals surface area contributed by atoms with E-state index in [1.165, 1.54) is 0 Å². The van der Waals surface area contributed by atoms with Crippen LogP contribution in [0.3, 0.4) is 0 Å². The fourth-order valence-corrected chi connectivity index (χ4v) is 4.37. The lowest BCUT2D eigenvalue weighted by molar-refractivity contribution is 0.110. The first-order valence-corrected chi connectivity index (χ1v) is 12.1. The number of piperazine rings is 1. The number of ether oxygens (including phenoxy) is 2. The molecule has 1 aromatic heterocycles. The van der Waals surface area contributed by atoms with Crippen LogP contribution in [-0.2, 0) is 14.8 Å². The Labute approximate surface area is 184 Å². The van der Waals surface area contributed by atoms with Crippen LogP contribution in [0.5, 0.6) is 5.75 Å². The summed E-state index contributed by atoms with van der Waals surface area (Å²) in [6.07, 6.45) is 4.26. The molecule has 1 fully saturated rings. The van der Waals surface area contributed by atoms with Crippen LogP contribution in [0.1, 0.15) is 13.3 Å². The molecule has 3 rings (SSSR count). The first kappa shape index (κ1) is 23.4. The first-order valence-electron chi connectivity index (χ1n) is 10.6. The molecule has 0 saturated carbocycles. The lowest BCUT2D eigenvalue weighted by atomic mass is 10.3. The number of anilines is 1. The molecule has 10 heteroatoms. The largest absolute Gasteiger partial charge is 0.491 e. The summed E-state index contributed by atoms with van der Waals surface area (Å²) in [5, 5.41) is 0. The van der Waals surface area contributed by atoms with Gasteiger partial charge in [0.2, 0.25) is 16.0 Å². The van der Waals surface area contributed by atoms with Gasteiger partial charge in [0, 0.05) is 51.7 Å². The van der Waals surface area contributed by atoms with E-state index >= 15 is 0 Å². The van der Waals surface area contributed by atoms with Gasteiger partial charge < -0.3 is 14.4 Å². The molecule has 1 aromatic carbocycles. The van der Waals surface area contributed by atoms with E-state index in [1.54, 1.807) is 36.7 Å². The average molecular weight is 450 g/mol. The fraction of sp³-hybridized carbons (Fsp3) is 0.524. The number of aromatic nitrogens is 2. The van der Waals surface area contributed by atoms with Crippen molar-refractivity contribution >= 4 is 16.0 Å². The number of nitrogens with one attached hydrogen (secondary N) is 1. The summed E-state index contributed by atoms with van der Waals surface area (Å²) in [4.78, 5) is 13.3. The van der Waals surface area contributed by atoms with Crippen LogP contribution in [0.25, 0.3) is 0 Å². The minimum Gasteiger partial charge on any atom is -0.491 e. The van der Waals surface area contributed by atoms with E-state index in [4.69, 9.17) is 9.47 Å². The molecule has 9 nitrogen and oxygen atoms in total. The Balaban J connectivity index is 1.35. The molecular formula is C21H31N5O4S. The topological polar surface area (TPSA) is 96.9 Å². The second-order valence-electron chi connectivity index (χ2n) is 7.15. The van der Waals surface area contributed by atoms with Crippen molar-refractivity contribution in [3.8, 4) is 5.75 Å². The molecule has 0 atom stereocenters. The monoisotopic (exact) mass is 449 g/mol. The van der Waals surface area contributed by atoms with Crippen molar-refractivity contribution in [1.29, 1.82) is 0 Å². The van der Waals surface area contributed by atoms with E-state index in [1.807, 2.05) is 13.0 Å². The van der Waals surface area contributed by atoms with Gasteiger partial charge in [0.15, 0.2) is 0 Å². The first-order chi connectivity index (χ1) is 15.1. The Morgan fingerprint density at radius 3 is 2.42 bits per heavy atom. The predicted octanol–water partition coefficient (Wildman–Crippen LogP) is 1.38. The predicted molar refractivity (Wildman–Crippen MR) is 119 cm³/mol. The maximum Gasteiger partial charge on any atom is 0.240 e. The molecule has 1 aliphatic heterocycles. The van der Waals surface area contributed by atoms with Gasteiger partial charge in [-0.05, 0) is 50.2 Å². The second kappa shape index (κ2) is 11.9. The third-order valence-corrected chi connectivity index (χ3v) is 6.46. The Hall–Kier alpha value is -2.27. The summed E-state index contributed by atoms with van der Waals surface area (Å²) in [6.45, 7) is 8.32. The zero-order valence-electron chi connectivity index (χ0n) is 17.9. The highest BCUT2D eigenvalue weighted by molar-refractivity contribution is 7.89. The van der Waals surface area contributed by atoms with Crippen LogP contribution >= 0.6 is 0 Å². The Bertz CT molecular complexity index is 872. The van der Waals surface area contributed by atoms with Gasteiger partial charge in [0.25, 0.3) is 0 Å².